The lowest BCUT2D eigenvalue weighted by molar-refractivity contribution is -0.286. The van der Waals surface area contributed by atoms with Crippen molar-refractivity contribution in [1.29, 1.82) is 0 Å². The number of carbonyl (C=O) groups excluding carboxylic acids is 2. The van der Waals surface area contributed by atoms with Crippen LogP contribution >= 0.6 is 0 Å². The first-order chi connectivity index (χ1) is 40.8. The van der Waals surface area contributed by atoms with Crippen molar-refractivity contribution in [3.63, 3.8) is 0 Å². The Morgan fingerprint density at radius 1 is 0.373 bits per heavy atom. The van der Waals surface area contributed by atoms with E-state index in [1.807, 2.05) is 0 Å². The lowest BCUT2D eigenvalue weighted by Crippen LogP contribution is -2.09. The van der Waals surface area contributed by atoms with Crippen LogP contribution in [0.3, 0.4) is 0 Å². The molecule has 456 valence electrons. The minimum absolute atomic E-state index is 0.223. The van der Waals surface area contributed by atoms with E-state index < -0.39 is 11.9 Å². The van der Waals surface area contributed by atoms with Crippen molar-refractivity contribution < 1.29 is 91.0 Å². The molecule has 3 aromatic carbocycles. The van der Waals surface area contributed by atoms with Gasteiger partial charge in [0.05, 0.1) is 98.1 Å². The molecule has 0 N–H and O–H groups in total. The lowest BCUT2D eigenvalue weighted by atomic mass is 10.1. The Morgan fingerprint density at radius 2 is 0.711 bits per heavy atom. The zero-order valence-electron chi connectivity index (χ0n) is 48.4. The van der Waals surface area contributed by atoms with Crippen LogP contribution in [0.2, 0.25) is 0 Å². The van der Waals surface area contributed by atoms with Crippen LogP contribution in [0.25, 0.3) is 12.2 Å². The first kappa shape index (κ1) is 69.7. The largest absolute Gasteiger partial charge is 0.502 e. The predicted octanol–water partition coefficient (Wildman–Crippen LogP) is 13.1. The van der Waals surface area contributed by atoms with Gasteiger partial charge >= 0.3 is 11.9 Å². The molecule has 0 spiro atoms. The van der Waals surface area contributed by atoms with Gasteiger partial charge in [0.1, 0.15) is 31.3 Å². The molecule has 0 aliphatic heterocycles. The summed E-state index contributed by atoms with van der Waals surface area (Å²) >= 11 is 0. The third kappa shape index (κ3) is 31.5. The second kappa shape index (κ2) is 47.0. The van der Waals surface area contributed by atoms with Crippen molar-refractivity contribution in [2.75, 3.05) is 99.1 Å². The van der Waals surface area contributed by atoms with Crippen molar-refractivity contribution in [2.45, 2.75) is 84.0 Å². The molecule has 0 atom stereocenters. The summed E-state index contributed by atoms with van der Waals surface area (Å²) in [4.78, 5) is 57.5. The molecule has 19 nitrogen and oxygen atoms in total. The van der Waals surface area contributed by atoms with E-state index in [0.29, 0.717) is 195 Å². The number of benzene rings is 3. The van der Waals surface area contributed by atoms with E-state index in [-0.39, 0.29) is 24.7 Å². The van der Waals surface area contributed by atoms with Gasteiger partial charge < -0.3 is 52.1 Å². The highest BCUT2D eigenvalue weighted by Gasteiger charge is 2.20. The van der Waals surface area contributed by atoms with Crippen LogP contribution < -0.4 is 37.9 Å². The average molecular weight is 1160 g/mol. The van der Waals surface area contributed by atoms with Gasteiger partial charge in [0, 0.05) is 23.3 Å². The predicted molar refractivity (Wildman–Crippen MR) is 317 cm³/mol. The van der Waals surface area contributed by atoms with Gasteiger partial charge in [-0.25, -0.2) is 38.9 Å². The highest BCUT2D eigenvalue weighted by molar-refractivity contribution is 5.91. The smallest absolute Gasteiger partial charge is 0.336 e. The fourth-order valence-electron chi connectivity index (χ4n) is 7.02. The lowest BCUT2D eigenvalue weighted by Gasteiger charge is -2.19. The number of carbonyl (C=O) groups is 2. The molecule has 0 bridgehead atoms. The minimum atomic E-state index is -0.672. The van der Waals surface area contributed by atoms with Crippen molar-refractivity contribution in [3.8, 4) is 46.0 Å². The number of aryl methyl sites for hydroxylation is 1. The number of hydrogen-bond donors (Lipinski definition) is 0. The van der Waals surface area contributed by atoms with Gasteiger partial charge in [-0.2, -0.15) is 0 Å². The maximum Gasteiger partial charge on any atom is 0.336 e. The van der Waals surface area contributed by atoms with Crippen LogP contribution in [0.15, 0.2) is 131 Å². The average Bonchev–Trinajstić information content (AvgIpc) is 3.48. The number of rotatable bonds is 54. The summed E-state index contributed by atoms with van der Waals surface area (Å²) in [6.45, 7) is 28.9. The second-order valence-corrected chi connectivity index (χ2v) is 17.7. The zero-order chi connectivity index (χ0) is 59.6. The molecule has 0 heterocycles. The Morgan fingerprint density at radius 3 is 1.08 bits per heavy atom. The second-order valence-electron chi connectivity index (χ2n) is 17.7. The molecule has 0 aromatic heterocycles. The van der Waals surface area contributed by atoms with E-state index in [1.165, 1.54) is 37.0 Å². The van der Waals surface area contributed by atoms with Gasteiger partial charge in [-0.15, -0.1) is 19.7 Å². The zero-order valence-corrected chi connectivity index (χ0v) is 48.4. The van der Waals surface area contributed by atoms with Crippen LogP contribution in [0.5, 0.6) is 46.0 Å². The van der Waals surface area contributed by atoms with Gasteiger partial charge in [-0.3, -0.25) is 0 Å². The molecule has 0 saturated carbocycles. The summed E-state index contributed by atoms with van der Waals surface area (Å²) in [5, 5.41) is 0. The first-order valence-corrected chi connectivity index (χ1v) is 28.0. The Balaban J connectivity index is 1.82. The normalized spacial score (nSPS) is 10.9. The molecule has 0 radical (unpaired) electrons. The number of ether oxygens (including phenoxy) is 11. The summed E-state index contributed by atoms with van der Waals surface area (Å²) in [6.07, 6.45) is 23.0. The third-order valence-corrected chi connectivity index (χ3v) is 11.1. The van der Waals surface area contributed by atoms with Crippen LogP contribution in [0.1, 0.15) is 93.7 Å². The Hall–Kier alpha value is -7.52. The van der Waals surface area contributed by atoms with Crippen molar-refractivity contribution in [2.24, 2.45) is 0 Å². The maximum absolute atomic E-state index is 13.5. The molecule has 0 amide bonds. The molecule has 83 heavy (non-hydrogen) atoms. The number of hydrogen-bond acceptors (Lipinski definition) is 19. The molecule has 0 aliphatic rings. The Bertz CT molecular complexity index is 2400. The highest BCUT2D eigenvalue weighted by Crippen LogP contribution is 2.43. The minimum Gasteiger partial charge on any atom is -0.502 e. The third-order valence-electron chi connectivity index (χ3n) is 11.1. The Kier molecular flexibility index (Phi) is 39.5. The summed E-state index contributed by atoms with van der Waals surface area (Å²) in [6, 6.07) is 11.8. The van der Waals surface area contributed by atoms with Crippen molar-refractivity contribution >= 4 is 24.1 Å². The van der Waals surface area contributed by atoms with Crippen LogP contribution in [0, 0.1) is 6.92 Å². The quantitative estimate of drug-likeness (QED) is 0.00757. The molecule has 0 fully saturated rings. The summed E-state index contributed by atoms with van der Waals surface area (Å²) < 4.78 is 65.3. The summed E-state index contributed by atoms with van der Waals surface area (Å²) in [5.74, 6) is 1.63. The fourth-order valence-corrected chi connectivity index (χ4v) is 7.02. The van der Waals surface area contributed by atoms with E-state index in [1.54, 1.807) is 73.7 Å². The standard InChI is InChI=1S/C64H86O19/c1-8-36-76-79-48-23-20-43-71-58-31-26-53(61(72-44-18-15-40-68-12-5)64(58)75-47-22-25-50-81-78-38-10-3)28-34-59(65)82-55-30-33-56(52(7)51-55)83-60(66)35-29-54-27-32-57(70-42-17-14-39-67-11-4)63(74-46-19-16-41-69-13-6)62(54)73-45-21-24-49-80-77-37-9-2/h8-13,26-35,51H,1-6,14-25,36-50H2,7H3. The van der Waals surface area contributed by atoms with Gasteiger partial charge in [0.25, 0.3) is 0 Å². The molecule has 0 saturated heterocycles. The van der Waals surface area contributed by atoms with E-state index >= 15 is 0 Å². The number of esters is 2. The van der Waals surface area contributed by atoms with Crippen LogP contribution in [-0.2, 0) is 53.1 Å². The SMILES string of the molecule is C=CCOOCCCCOc1ccc(C=CC(=O)Oc2ccc(OC(=O)C=Cc3ccc(OCCCCOC=C)c(OCCCCOC=C)c3OCCCCOOCC=C)c(C)c2)c(OCCCCOC=C)c1OCCCCOOCC=C. The molecular formula is C64H86O19. The van der Waals surface area contributed by atoms with E-state index in [9.17, 15) is 9.59 Å². The van der Waals surface area contributed by atoms with E-state index in [4.69, 9.17) is 81.4 Å². The molecule has 0 unspecified atom stereocenters. The van der Waals surface area contributed by atoms with Crippen LogP contribution in [0.4, 0.5) is 0 Å². The van der Waals surface area contributed by atoms with Gasteiger partial charge in [-0.1, -0.05) is 38.0 Å². The fraction of sp³-hybridized carbons (Fsp3) is 0.438. The summed E-state index contributed by atoms with van der Waals surface area (Å²) in [5.41, 5.74) is 1.63. The first-order valence-electron chi connectivity index (χ1n) is 28.0. The molecule has 0 aliphatic carbocycles. The maximum atomic E-state index is 13.5. The van der Waals surface area contributed by atoms with Gasteiger partial charge in [0.15, 0.2) is 23.0 Å². The molecular weight excluding hydrogens is 1070 g/mol. The highest BCUT2D eigenvalue weighted by atomic mass is 17.2. The van der Waals surface area contributed by atoms with Gasteiger partial charge in [-0.05, 0) is 144 Å². The van der Waals surface area contributed by atoms with Crippen LogP contribution in [-0.4, -0.2) is 111 Å². The number of unbranched alkanes of at least 4 members (excludes halogenated alkanes) is 6. The van der Waals surface area contributed by atoms with Gasteiger partial charge in [0.2, 0.25) is 11.5 Å². The topological polar surface area (TPSA) is 191 Å². The van der Waals surface area contributed by atoms with E-state index in [0.717, 1.165) is 19.3 Å². The molecule has 3 rings (SSSR count). The summed E-state index contributed by atoms with van der Waals surface area (Å²) in [7, 11) is 0. The molecule has 19 heteroatoms. The Labute approximate surface area is 490 Å². The van der Waals surface area contributed by atoms with E-state index in [2.05, 4.69) is 39.5 Å². The van der Waals surface area contributed by atoms with Crippen molar-refractivity contribution in [3.05, 3.63) is 148 Å². The monoisotopic (exact) mass is 1160 g/mol. The molecule has 3 aromatic rings. The van der Waals surface area contributed by atoms with Crippen molar-refractivity contribution in [1.82, 2.24) is 0 Å².